The first-order chi connectivity index (χ1) is 12.5. The maximum Gasteiger partial charge on any atom is 0.345 e. The van der Waals surface area contributed by atoms with Crippen LogP contribution in [0.1, 0.15) is 22.8 Å². The maximum atomic E-state index is 12.3. The number of nitrogens with one attached hydrogen (secondary N) is 2. The van der Waals surface area contributed by atoms with Crippen LogP contribution in [-0.4, -0.2) is 31.0 Å². The third kappa shape index (κ3) is 5.44. The SMILES string of the molecule is CCNC(=S)N/N=C/c1ccc(OC(=O)c2ccccc2Cl)c(OC)c1. The topological polar surface area (TPSA) is 72.0 Å². The maximum absolute atomic E-state index is 12.3. The van der Waals surface area contributed by atoms with Crippen molar-refractivity contribution in [2.24, 2.45) is 5.10 Å². The van der Waals surface area contributed by atoms with Crippen LogP contribution in [0.25, 0.3) is 0 Å². The molecule has 0 atom stereocenters. The first kappa shape index (κ1) is 19.7. The summed E-state index contributed by atoms with van der Waals surface area (Å²) in [6.07, 6.45) is 1.58. The Bertz CT molecular complexity index is 827. The van der Waals surface area contributed by atoms with Gasteiger partial charge in [-0.1, -0.05) is 23.7 Å². The van der Waals surface area contributed by atoms with Crippen LogP contribution in [0, 0.1) is 0 Å². The molecule has 0 heterocycles. The Labute approximate surface area is 162 Å². The van der Waals surface area contributed by atoms with Crippen molar-refractivity contribution in [2.75, 3.05) is 13.7 Å². The second-order valence-electron chi connectivity index (χ2n) is 5.01. The van der Waals surface area contributed by atoms with E-state index in [1.54, 1.807) is 48.7 Å². The van der Waals surface area contributed by atoms with Crippen molar-refractivity contribution in [1.29, 1.82) is 0 Å². The number of hydrogen-bond acceptors (Lipinski definition) is 5. The first-order valence-corrected chi connectivity index (χ1v) is 8.55. The molecule has 0 bridgehead atoms. The molecule has 0 spiro atoms. The zero-order valence-electron chi connectivity index (χ0n) is 14.3. The molecule has 0 unspecified atom stereocenters. The van der Waals surface area contributed by atoms with Gasteiger partial charge in [0.1, 0.15) is 0 Å². The molecule has 0 aliphatic heterocycles. The second kappa shape index (κ2) is 9.74. The number of carbonyl (C=O) groups is 1. The minimum absolute atomic E-state index is 0.281. The summed E-state index contributed by atoms with van der Waals surface area (Å²) in [5.41, 5.74) is 3.72. The molecule has 0 radical (unpaired) electrons. The molecule has 0 saturated heterocycles. The fourth-order valence-corrected chi connectivity index (χ4v) is 2.41. The van der Waals surface area contributed by atoms with E-state index in [0.29, 0.717) is 22.4 Å². The fourth-order valence-electron chi connectivity index (χ4n) is 2.00. The molecule has 0 aromatic heterocycles. The van der Waals surface area contributed by atoms with Gasteiger partial charge in [-0.05, 0) is 55.0 Å². The van der Waals surface area contributed by atoms with Gasteiger partial charge >= 0.3 is 5.97 Å². The molecule has 2 aromatic rings. The molecular formula is C18H18ClN3O3S. The van der Waals surface area contributed by atoms with Gasteiger partial charge in [0, 0.05) is 6.54 Å². The molecule has 0 aliphatic rings. The van der Waals surface area contributed by atoms with Crippen LogP contribution in [0.4, 0.5) is 0 Å². The number of carbonyl (C=O) groups excluding carboxylic acids is 1. The van der Waals surface area contributed by atoms with Crippen LogP contribution < -0.4 is 20.2 Å². The summed E-state index contributed by atoms with van der Waals surface area (Å²) in [5, 5.41) is 7.70. The smallest absolute Gasteiger partial charge is 0.345 e. The van der Waals surface area contributed by atoms with Crippen LogP contribution in [0.2, 0.25) is 5.02 Å². The fraction of sp³-hybridized carbons (Fsp3) is 0.167. The molecule has 0 fully saturated rings. The number of methoxy groups -OCH3 is 1. The number of hydrogen-bond donors (Lipinski definition) is 2. The summed E-state index contributed by atoms with van der Waals surface area (Å²) in [6, 6.07) is 11.7. The summed E-state index contributed by atoms with van der Waals surface area (Å²) >= 11 is 11.0. The number of esters is 1. The van der Waals surface area contributed by atoms with Crippen molar-refractivity contribution >= 4 is 41.1 Å². The lowest BCUT2D eigenvalue weighted by Crippen LogP contribution is -2.31. The normalized spacial score (nSPS) is 10.4. The monoisotopic (exact) mass is 391 g/mol. The molecule has 2 N–H and O–H groups in total. The Kier molecular flexibility index (Phi) is 7.37. The van der Waals surface area contributed by atoms with Crippen LogP contribution in [-0.2, 0) is 0 Å². The number of benzene rings is 2. The largest absolute Gasteiger partial charge is 0.493 e. The molecule has 6 nitrogen and oxygen atoms in total. The number of hydrazone groups is 1. The van der Waals surface area contributed by atoms with E-state index in [0.717, 1.165) is 5.56 Å². The van der Waals surface area contributed by atoms with Crippen LogP contribution in [0.15, 0.2) is 47.6 Å². The molecule has 8 heteroatoms. The van der Waals surface area contributed by atoms with Crippen molar-refractivity contribution in [1.82, 2.24) is 10.7 Å². The quantitative estimate of drug-likeness (QED) is 0.258. The van der Waals surface area contributed by atoms with Gasteiger partial charge in [-0.15, -0.1) is 0 Å². The second-order valence-corrected chi connectivity index (χ2v) is 5.82. The van der Waals surface area contributed by atoms with Gasteiger partial charge in [0.15, 0.2) is 16.6 Å². The highest BCUT2D eigenvalue weighted by Crippen LogP contribution is 2.29. The van der Waals surface area contributed by atoms with Gasteiger partial charge in [0.2, 0.25) is 0 Å². The minimum atomic E-state index is -0.562. The predicted octanol–water partition coefficient (Wildman–Crippen LogP) is 3.39. The van der Waals surface area contributed by atoms with E-state index in [4.69, 9.17) is 33.3 Å². The Balaban J connectivity index is 2.11. The van der Waals surface area contributed by atoms with Crippen molar-refractivity contribution in [3.63, 3.8) is 0 Å². The van der Waals surface area contributed by atoms with Crippen molar-refractivity contribution in [2.45, 2.75) is 6.92 Å². The van der Waals surface area contributed by atoms with E-state index >= 15 is 0 Å². The minimum Gasteiger partial charge on any atom is -0.493 e. The number of rotatable bonds is 6. The first-order valence-electron chi connectivity index (χ1n) is 7.76. The predicted molar refractivity (Wildman–Crippen MR) is 106 cm³/mol. The van der Waals surface area contributed by atoms with Gasteiger partial charge in [0.05, 0.1) is 23.9 Å². The molecular weight excluding hydrogens is 374 g/mol. The van der Waals surface area contributed by atoms with Crippen LogP contribution in [0.5, 0.6) is 11.5 Å². The van der Waals surface area contributed by atoms with E-state index < -0.39 is 5.97 Å². The highest BCUT2D eigenvalue weighted by atomic mass is 35.5. The van der Waals surface area contributed by atoms with Gasteiger partial charge < -0.3 is 14.8 Å². The third-order valence-corrected chi connectivity index (χ3v) is 3.77. The third-order valence-electron chi connectivity index (χ3n) is 3.20. The highest BCUT2D eigenvalue weighted by molar-refractivity contribution is 7.80. The Morgan fingerprint density at radius 2 is 2.04 bits per heavy atom. The zero-order valence-corrected chi connectivity index (χ0v) is 15.9. The highest BCUT2D eigenvalue weighted by Gasteiger charge is 2.15. The summed E-state index contributed by atoms with van der Waals surface area (Å²) < 4.78 is 10.7. The van der Waals surface area contributed by atoms with Gasteiger partial charge in [-0.25, -0.2) is 4.79 Å². The Morgan fingerprint density at radius 1 is 1.27 bits per heavy atom. The lowest BCUT2D eigenvalue weighted by molar-refractivity contribution is 0.0730. The zero-order chi connectivity index (χ0) is 18.9. The van der Waals surface area contributed by atoms with E-state index in [1.807, 2.05) is 6.92 Å². The molecule has 0 amide bonds. The Morgan fingerprint density at radius 3 is 2.73 bits per heavy atom. The van der Waals surface area contributed by atoms with Crippen LogP contribution in [0.3, 0.4) is 0 Å². The number of halogens is 1. The average Bonchev–Trinajstić information content (AvgIpc) is 2.63. The van der Waals surface area contributed by atoms with Gasteiger partial charge in [-0.2, -0.15) is 5.10 Å². The van der Waals surface area contributed by atoms with Crippen molar-refractivity contribution in [3.05, 3.63) is 58.6 Å². The van der Waals surface area contributed by atoms with Crippen molar-refractivity contribution in [3.8, 4) is 11.5 Å². The summed E-state index contributed by atoms with van der Waals surface area (Å²) in [5.74, 6) is 0.113. The summed E-state index contributed by atoms with van der Waals surface area (Å²) in [6.45, 7) is 2.64. The molecule has 26 heavy (non-hydrogen) atoms. The van der Waals surface area contributed by atoms with E-state index in [-0.39, 0.29) is 11.3 Å². The number of ether oxygens (including phenoxy) is 2. The lowest BCUT2D eigenvalue weighted by atomic mass is 10.2. The van der Waals surface area contributed by atoms with Gasteiger partial charge in [0.25, 0.3) is 0 Å². The van der Waals surface area contributed by atoms with Crippen molar-refractivity contribution < 1.29 is 14.3 Å². The molecule has 0 aliphatic carbocycles. The Hall–Kier alpha value is -2.64. The molecule has 136 valence electrons. The van der Waals surface area contributed by atoms with Gasteiger partial charge in [-0.3, -0.25) is 5.43 Å². The molecule has 2 aromatic carbocycles. The molecule has 2 rings (SSSR count). The number of nitrogens with zero attached hydrogens (tertiary/aromatic N) is 1. The molecule has 0 saturated carbocycles. The van der Waals surface area contributed by atoms with Crippen LogP contribution >= 0.6 is 23.8 Å². The lowest BCUT2D eigenvalue weighted by Gasteiger charge is -2.10. The average molecular weight is 392 g/mol. The van der Waals surface area contributed by atoms with E-state index in [2.05, 4.69) is 15.8 Å². The standard InChI is InChI=1S/C18H18ClN3O3S/c1-3-20-18(26)22-21-11-12-8-9-15(16(10-12)24-2)25-17(23)13-6-4-5-7-14(13)19/h4-11H,3H2,1-2H3,(H2,20,22,26)/b21-11+. The summed E-state index contributed by atoms with van der Waals surface area (Å²) in [7, 11) is 1.49. The summed E-state index contributed by atoms with van der Waals surface area (Å²) in [4.78, 5) is 12.3. The number of thiocarbonyl (C=S) groups is 1. The van der Waals surface area contributed by atoms with E-state index in [9.17, 15) is 4.79 Å². The van der Waals surface area contributed by atoms with E-state index in [1.165, 1.54) is 7.11 Å².